The molecule has 0 heterocycles. The van der Waals surface area contributed by atoms with Gasteiger partial charge in [-0.2, -0.15) is 0 Å². The molecule has 6 heteroatoms. The average Bonchev–Trinajstić information content (AvgIpc) is 2.30. The van der Waals surface area contributed by atoms with Crippen molar-refractivity contribution in [3.63, 3.8) is 0 Å². The van der Waals surface area contributed by atoms with E-state index in [0.717, 1.165) is 17.8 Å². The van der Waals surface area contributed by atoms with Crippen LogP contribution in [0.3, 0.4) is 0 Å². The van der Waals surface area contributed by atoms with Crippen molar-refractivity contribution in [1.82, 2.24) is 0 Å². The summed E-state index contributed by atoms with van der Waals surface area (Å²) < 4.78 is 13.4. The second kappa shape index (κ2) is 6.55. The largest absolute Gasteiger partial charge is 0.287 e. The van der Waals surface area contributed by atoms with Gasteiger partial charge in [-0.3, -0.25) is 9.59 Å². The number of benzene rings is 1. The molecule has 0 spiro atoms. The summed E-state index contributed by atoms with van der Waals surface area (Å²) in [5.74, 6) is -0.924. The first-order valence-corrected chi connectivity index (χ1v) is 6.84. The van der Waals surface area contributed by atoms with Gasteiger partial charge < -0.3 is 0 Å². The molecule has 0 bridgehead atoms. The van der Waals surface area contributed by atoms with Gasteiger partial charge in [-0.05, 0) is 30.2 Å². The van der Waals surface area contributed by atoms with E-state index >= 15 is 0 Å². The Kier molecular flexibility index (Phi) is 5.63. The van der Waals surface area contributed by atoms with Crippen molar-refractivity contribution in [2.75, 3.05) is 0 Å². The average molecular weight is 309 g/mol. The monoisotopic (exact) mass is 308 g/mol. The van der Waals surface area contributed by atoms with Crippen LogP contribution in [0.4, 0.5) is 4.39 Å². The van der Waals surface area contributed by atoms with Crippen LogP contribution >= 0.6 is 35.0 Å². The minimum atomic E-state index is -0.915. The van der Waals surface area contributed by atoms with E-state index in [1.165, 1.54) is 6.07 Å². The van der Waals surface area contributed by atoms with E-state index in [9.17, 15) is 14.0 Å². The van der Waals surface area contributed by atoms with Crippen molar-refractivity contribution >= 4 is 45.3 Å². The molecule has 18 heavy (non-hydrogen) atoms. The lowest BCUT2D eigenvalue weighted by molar-refractivity contribution is -0.114. The maximum absolute atomic E-state index is 13.4. The maximum Gasteiger partial charge on any atom is 0.255 e. The van der Waals surface area contributed by atoms with E-state index < -0.39 is 11.1 Å². The second-order valence-electron chi connectivity index (χ2n) is 3.77. The summed E-state index contributed by atoms with van der Waals surface area (Å²) in [7, 11) is 0. The van der Waals surface area contributed by atoms with Crippen LogP contribution in [0.2, 0.25) is 5.02 Å². The van der Waals surface area contributed by atoms with Crippen LogP contribution in [0.5, 0.6) is 0 Å². The van der Waals surface area contributed by atoms with Crippen molar-refractivity contribution in [3.8, 4) is 0 Å². The summed E-state index contributed by atoms with van der Waals surface area (Å²) >= 11 is 12.0. The topological polar surface area (TPSA) is 34.1 Å². The number of hydrogen-bond donors (Lipinski definition) is 0. The SMILES string of the molecule is CCC(C)C(=O)Sc1cc(C(=O)Cl)c(F)cc1Cl. The first-order valence-electron chi connectivity index (χ1n) is 5.27. The number of carbonyl (C=O) groups excluding carboxylic acids is 2. The van der Waals surface area contributed by atoms with E-state index in [1.54, 1.807) is 6.92 Å². The maximum atomic E-state index is 13.4. The Labute approximate surface area is 119 Å². The van der Waals surface area contributed by atoms with E-state index in [1.807, 2.05) is 6.92 Å². The van der Waals surface area contributed by atoms with Crippen molar-refractivity contribution in [2.45, 2.75) is 25.2 Å². The predicted octanol–water partition coefficient (Wildman–Crippen LogP) is 4.52. The fraction of sp³-hybridized carbons (Fsp3) is 0.333. The highest BCUT2D eigenvalue weighted by atomic mass is 35.5. The van der Waals surface area contributed by atoms with E-state index in [0.29, 0.717) is 11.3 Å². The lowest BCUT2D eigenvalue weighted by Gasteiger charge is -2.09. The van der Waals surface area contributed by atoms with E-state index in [2.05, 4.69) is 0 Å². The number of carbonyl (C=O) groups is 2. The summed E-state index contributed by atoms with van der Waals surface area (Å²) in [6.45, 7) is 3.68. The van der Waals surface area contributed by atoms with Crippen LogP contribution in [0, 0.1) is 11.7 Å². The molecule has 1 unspecified atom stereocenters. The number of rotatable bonds is 4. The van der Waals surface area contributed by atoms with Gasteiger partial charge in [0.25, 0.3) is 5.24 Å². The third-order valence-electron chi connectivity index (χ3n) is 2.46. The van der Waals surface area contributed by atoms with Crippen LogP contribution in [-0.4, -0.2) is 10.4 Å². The Morgan fingerprint density at radius 2 is 2.06 bits per heavy atom. The van der Waals surface area contributed by atoms with Crippen LogP contribution in [-0.2, 0) is 4.79 Å². The second-order valence-corrected chi connectivity index (χ2v) is 5.56. The van der Waals surface area contributed by atoms with Gasteiger partial charge in [-0.1, -0.05) is 37.2 Å². The minimum Gasteiger partial charge on any atom is -0.287 e. The summed E-state index contributed by atoms with van der Waals surface area (Å²) in [4.78, 5) is 23.1. The molecule has 0 amide bonds. The standard InChI is InChI=1S/C12H11Cl2FO2S/c1-3-6(2)12(17)18-10-4-7(11(14)16)9(15)5-8(10)13/h4-6H,3H2,1-2H3. The highest BCUT2D eigenvalue weighted by molar-refractivity contribution is 8.13. The van der Waals surface area contributed by atoms with Crippen molar-refractivity contribution in [3.05, 3.63) is 28.5 Å². The summed E-state index contributed by atoms with van der Waals surface area (Å²) in [5, 5.41) is -0.906. The molecule has 1 rings (SSSR count). The third-order valence-corrected chi connectivity index (χ3v) is 4.25. The van der Waals surface area contributed by atoms with Crippen molar-refractivity contribution in [2.24, 2.45) is 5.92 Å². The molecule has 98 valence electrons. The van der Waals surface area contributed by atoms with Crippen molar-refractivity contribution < 1.29 is 14.0 Å². The van der Waals surface area contributed by atoms with Gasteiger partial charge in [0.1, 0.15) is 5.82 Å². The van der Waals surface area contributed by atoms with E-state index in [-0.39, 0.29) is 21.6 Å². The Balaban J connectivity index is 3.06. The molecule has 2 nitrogen and oxygen atoms in total. The van der Waals surface area contributed by atoms with E-state index in [4.69, 9.17) is 23.2 Å². The molecule has 1 atom stereocenters. The molecular weight excluding hydrogens is 298 g/mol. The molecule has 0 aliphatic carbocycles. The lowest BCUT2D eigenvalue weighted by atomic mass is 10.1. The lowest BCUT2D eigenvalue weighted by Crippen LogP contribution is -2.05. The van der Waals surface area contributed by atoms with Crippen molar-refractivity contribution in [1.29, 1.82) is 0 Å². The zero-order valence-electron chi connectivity index (χ0n) is 9.80. The molecule has 0 fully saturated rings. The molecule has 0 aromatic heterocycles. The number of hydrogen-bond acceptors (Lipinski definition) is 3. The molecule has 0 radical (unpaired) electrons. The Hall–Kier alpha value is -0.580. The highest BCUT2D eigenvalue weighted by Crippen LogP contribution is 2.32. The molecule has 0 saturated heterocycles. The molecule has 0 saturated carbocycles. The molecule has 0 N–H and O–H groups in total. The Morgan fingerprint density at radius 3 is 2.56 bits per heavy atom. The molecular formula is C12H11Cl2FO2S. The van der Waals surface area contributed by atoms with Gasteiger partial charge in [0.05, 0.1) is 10.6 Å². The zero-order chi connectivity index (χ0) is 13.9. The third kappa shape index (κ3) is 3.70. The van der Waals surface area contributed by atoms with Crippen LogP contribution in [0.25, 0.3) is 0 Å². The number of halogens is 3. The predicted molar refractivity (Wildman–Crippen MR) is 71.9 cm³/mol. The van der Waals surface area contributed by atoms with Crippen LogP contribution in [0.1, 0.15) is 30.6 Å². The van der Waals surface area contributed by atoms with Gasteiger partial charge in [0.2, 0.25) is 0 Å². The van der Waals surface area contributed by atoms with Gasteiger partial charge in [0.15, 0.2) is 5.12 Å². The molecule has 1 aromatic rings. The van der Waals surface area contributed by atoms with Gasteiger partial charge >= 0.3 is 0 Å². The molecule has 1 aromatic carbocycles. The molecule has 0 aliphatic heterocycles. The first-order chi connectivity index (χ1) is 8.36. The highest BCUT2D eigenvalue weighted by Gasteiger charge is 2.18. The fourth-order valence-electron chi connectivity index (χ4n) is 1.13. The Morgan fingerprint density at radius 1 is 1.44 bits per heavy atom. The molecule has 0 aliphatic rings. The zero-order valence-corrected chi connectivity index (χ0v) is 12.1. The van der Waals surface area contributed by atoms with Gasteiger partial charge in [-0.25, -0.2) is 4.39 Å². The number of thioether (sulfide) groups is 1. The normalized spacial score (nSPS) is 12.3. The Bertz CT molecular complexity index is 491. The summed E-state index contributed by atoms with van der Waals surface area (Å²) in [5.41, 5.74) is -0.277. The summed E-state index contributed by atoms with van der Waals surface area (Å²) in [6, 6.07) is 2.20. The first kappa shape index (κ1) is 15.5. The fourth-order valence-corrected chi connectivity index (χ4v) is 2.46. The van der Waals surface area contributed by atoms with Crippen LogP contribution in [0.15, 0.2) is 17.0 Å². The summed E-state index contributed by atoms with van der Waals surface area (Å²) in [6.07, 6.45) is 0.700. The smallest absolute Gasteiger partial charge is 0.255 e. The van der Waals surface area contributed by atoms with Crippen LogP contribution < -0.4 is 0 Å². The van der Waals surface area contributed by atoms with Gasteiger partial charge in [0, 0.05) is 10.8 Å². The quantitative estimate of drug-likeness (QED) is 0.605. The van der Waals surface area contributed by atoms with Gasteiger partial charge in [-0.15, -0.1) is 0 Å². The minimum absolute atomic E-state index is 0.0843.